The number of carbonyl (C=O) groups is 5. The molecule has 4 rings (SSSR count). The topological polar surface area (TPSA) is 253 Å². The number of hydrogen-bond acceptors (Lipinski definition) is 13. The molecular weight excluding hydrogens is 975 g/mol. The number of aromatic nitrogens is 2. The fraction of sp³-hybridized carbons (Fsp3) is 0.410. The van der Waals surface area contributed by atoms with E-state index in [1.54, 1.807) is 43.4 Å². The number of benzene rings is 2. The molecule has 368 valence electrons. The molecule has 27 heteroatoms. The van der Waals surface area contributed by atoms with Gasteiger partial charge in [-0.2, -0.15) is 26.3 Å². The summed E-state index contributed by atoms with van der Waals surface area (Å²) >= 11 is 12.7. The Hall–Kier alpha value is -5.63. The summed E-state index contributed by atoms with van der Waals surface area (Å²) in [5.74, 6) is 0.569. The first-order chi connectivity index (χ1) is 30.7. The molecule has 0 fully saturated rings. The van der Waals surface area contributed by atoms with E-state index in [-0.39, 0.29) is 17.9 Å². The number of rotatable bonds is 14. The predicted molar refractivity (Wildman–Crippen MR) is 235 cm³/mol. The van der Waals surface area contributed by atoms with Crippen molar-refractivity contribution in [1.29, 1.82) is 0 Å². The van der Waals surface area contributed by atoms with Crippen molar-refractivity contribution in [2.45, 2.75) is 78.6 Å². The SMILES string of the molecule is Cc1nc(COc2ccc(CCNC(=O)NCC(=O)OC(C)(C)C)cc2)cs1.Cc1nc(COc2ccc(CCNC(=O)NN)cc2)cs1.ClCCl.O=C(O)C(F)(F)F.O=C(O)C(F)(F)F. The number of ether oxygens (including phenoxy) is 3. The molecule has 4 amide bonds. The van der Waals surface area contributed by atoms with E-state index in [2.05, 4.69) is 25.9 Å². The standard InChI is InChI=1S/C20H27N3O4S.C14H18N4O2S.2C2HF3O2.CH2Cl2/c1-14-23-16(13-28-14)12-26-17-7-5-15(6-8-17)9-10-21-19(25)22-11-18(24)27-20(2,3)4;1-10-17-12(9-21-10)8-20-13-4-2-11(3-5-13)6-7-16-14(19)18-15;2*3-2(4,5)1(6)7;2-1-3/h5-8,13H,9-12H2,1-4H3,(H2,21,22,25);2-5,9H,6-8,15H2,1H3,(H2,16,18,19);2*(H,6,7);1H2. The fourth-order valence-corrected chi connectivity index (χ4v) is 5.25. The molecule has 2 heterocycles. The van der Waals surface area contributed by atoms with E-state index in [0.29, 0.717) is 32.7 Å². The zero-order chi connectivity index (χ0) is 50.5. The number of alkyl halides is 8. The third-order valence-corrected chi connectivity index (χ3v) is 8.43. The molecular formula is C39H49Cl2F6N7O10S2. The summed E-state index contributed by atoms with van der Waals surface area (Å²) in [6.07, 6.45) is -8.76. The Kier molecular flexibility index (Phi) is 28.6. The molecule has 0 radical (unpaired) electrons. The molecule has 0 saturated heterocycles. The molecule has 66 heavy (non-hydrogen) atoms. The van der Waals surface area contributed by atoms with Crippen LogP contribution in [0.5, 0.6) is 11.5 Å². The van der Waals surface area contributed by atoms with Gasteiger partial charge < -0.3 is 40.4 Å². The number of aliphatic carboxylic acids is 2. The fourth-order valence-electron chi connectivity index (χ4n) is 4.05. The number of carboxylic acids is 2. The van der Waals surface area contributed by atoms with Crippen LogP contribution >= 0.6 is 45.9 Å². The quantitative estimate of drug-likeness (QED) is 0.0160. The van der Waals surface area contributed by atoms with Crippen LogP contribution in [0.25, 0.3) is 0 Å². The molecule has 17 nitrogen and oxygen atoms in total. The van der Waals surface area contributed by atoms with E-state index < -0.39 is 41.9 Å². The van der Waals surface area contributed by atoms with Crippen molar-refractivity contribution in [2.75, 3.05) is 25.0 Å². The molecule has 8 N–H and O–H groups in total. The van der Waals surface area contributed by atoms with Crippen LogP contribution < -0.4 is 36.7 Å². The van der Waals surface area contributed by atoms with E-state index in [4.69, 9.17) is 63.1 Å². The van der Waals surface area contributed by atoms with Gasteiger partial charge in [0.15, 0.2) is 0 Å². The van der Waals surface area contributed by atoms with Gasteiger partial charge in [0, 0.05) is 23.8 Å². The van der Waals surface area contributed by atoms with Gasteiger partial charge in [0.1, 0.15) is 36.9 Å². The molecule has 4 aromatic rings. The minimum atomic E-state index is -5.08. The van der Waals surface area contributed by atoms with Gasteiger partial charge in [-0.05, 0) is 82.9 Å². The van der Waals surface area contributed by atoms with E-state index >= 15 is 0 Å². The molecule has 0 aliphatic heterocycles. The van der Waals surface area contributed by atoms with Crippen LogP contribution in [0.4, 0.5) is 35.9 Å². The second kappa shape index (κ2) is 31.3. The Morgan fingerprint density at radius 1 is 0.667 bits per heavy atom. The zero-order valence-electron chi connectivity index (χ0n) is 35.9. The third kappa shape index (κ3) is 31.3. The number of halogens is 8. The van der Waals surface area contributed by atoms with Gasteiger partial charge in [-0.3, -0.25) is 10.2 Å². The maximum atomic E-state index is 11.7. The van der Waals surface area contributed by atoms with Crippen molar-refractivity contribution in [3.05, 3.63) is 91.8 Å². The lowest BCUT2D eigenvalue weighted by Gasteiger charge is -2.19. The number of amides is 4. The lowest BCUT2D eigenvalue weighted by Crippen LogP contribution is -2.41. The largest absolute Gasteiger partial charge is 0.490 e. The van der Waals surface area contributed by atoms with Crippen LogP contribution in [0.15, 0.2) is 59.3 Å². The average molecular weight is 1020 g/mol. The highest BCUT2D eigenvalue weighted by atomic mass is 35.5. The summed E-state index contributed by atoms with van der Waals surface area (Å²) in [5.41, 5.74) is 5.51. The van der Waals surface area contributed by atoms with Crippen molar-refractivity contribution in [3.8, 4) is 11.5 Å². The summed E-state index contributed by atoms with van der Waals surface area (Å²) in [6, 6.07) is 14.7. The zero-order valence-corrected chi connectivity index (χ0v) is 39.0. The Bertz CT molecular complexity index is 2030. The normalized spacial score (nSPS) is 10.6. The highest BCUT2D eigenvalue weighted by molar-refractivity contribution is 7.09. The summed E-state index contributed by atoms with van der Waals surface area (Å²) in [6.45, 7) is 11.0. The maximum absolute atomic E-state index is 11.7. The molecule has 0 bridgehead atoms. The second-order valence-corrected chi connectivity index (χ2v) is 16.3. The Morgan fingerprint density at radius 2 is 1.02 bits per heavy atom. The number of hydrazine groups is 1. The van der Waals surface area contributed by atoms with Gasteiger partial charge in [-0.1, -0.05) is 24.3 Å². The molecule has 0 aliphatic rings. The van der Waals surface area contributed by atoms with Crippen LogP contribution in [0.3, 0.4) is 0 Å². The number of aryl methyl sites for hydroxylation is 2. The van der Waals surface area contributed by atoms with E-state index in [0.717, 1.165) is 50.4 Å². The number of hydrogen-bond donors (Lipinski definition) is 7. The van der Waals surface area contributed by atoms with Gasteiger partial charge in [-0.25, -0.2) is 35.0 Å². The van der Waals surface area contributed by atoms with Crippen LogP contribution in [0, 0.1) is 13.8 Å². The van der Waals surface area contributed by atoms with E-state index in [9.17, 15) is 40.7 Å². The molecule has 2 aromatic heterocycles. The van der Waals surface area contributed by atoms with Crippen molar-refractivity contribution in [3.63, 3.8) is 0 Å². The summed E-state index contributed by atoms with van der Waals surface area (Å²) in [4.78, 5) is 60.7. The van der Waals surface area contributed by atoms with Crippen molar-refractivity contribution < 1.29 is 74.7 Å². The lowest BCUT2D eigenvalue weighted by atomic mass is 10.1. The highest BCUT2D eigenvalue weighted by Gasteiger charge is 2.38. The van der Waals surface area contributed by atoms with Crippen LogP contribution in [-0.2, 0) is 45.2 Å². The van der Waals surface area contributed by atoms with Crippen LogP contribution in [0.1, 0.15) is 53.3 Å². The molecule has 0 spiro atoms. The van der Waals surface area contributed by atoms with Crippen molar-refractivity contribution in [2.24, 2.45) is 5.84 Å². The van der Waals surface area contributed by atoms with E-state index in [1.807, 2.05) is 78.6 Å². The van der Waals surface area contributed by atoms with Crippen molar-refractivity contribution in [1.82, 2.24) is 31.3 Å². The van der Waals surface area contributed by atoms with Crippen LogP contribution in [-0.4, -0.2) is 93.1 Å². The summed E-state index contributed by atoms with van der Waals surface area (Å²) in [7, 11) is 0. The van der Waals surface area contributed by atoms with Gasteiger partial charge in [0.25, 0.3) is 0 Å². The van der Waals surface area contributed by atoms with Gasteiger partial charge in [-0.15, -0.1) is 45.9 Å². The number of nitrogens with one attached hydrogen (secondary N) is 4. The molecule has 0 unspecified atom stereocenters. The Labute approximate surface area is 393 Å². The van der Waals surface area contributed by atoms with Gasteiger partial charge >= 0.3 is 42.3 Å². The number of carboxylic acid groups (broad SMARTS) is 2. The number of esters is 1. The summed E-state index contributed by atoms with van der Waals surface area (Å²) in [5, 5.41) is 28.3. The third-order valence-electron chi connectivity index (χ3n) is 6.78. The number of nitrogens with zero attached hydrogens (tertiary/aromatic N) is 2. The number of urea groups is 2. The first-order valence-corrected chi connectivity index (χ1v) is 21.5. The Morgan fingerprint density at radius 3 is 1.30 bits per heavy atom. The molecule has 0 saturated carbocycles. The average Bonchev–Trinajstić information content (AvgIpc) is 3.85. The van der Waals surface area contributed by atoms with Gasteiger partial charge in [0.2, 0.25) is 0 Å². The Balaban J connectivity index is 0.000000967. The predicted octanol–water partition coefficient (Wildman–Crippen LogP) is 7.65. The van der Waals surface area contributed by atoms with E-state index in [1.165, 1.54) is 0 Å². The van der Waals surface area contributed by atoms with Gasteiger partial charge in [0.05, 0.1) is 26.7 Å². The second-order valence-electron chi connectivity index (χ2n) is 13.4. The smallest absolute Gasteiger partial charge is 0.487 e. The summed E-state index contributed by atoms with van der Waals surface area (Å²) < 4.78 is 80.0. The number of carbonyl (C=O) groups excluding carboxylic acids is 3. The van der Waals surface area contributed by atoms with Crippen LogP contribution in [0.2, 0.25) is 0 Å². The molecule has 0 atom stereocenters. The number of thiazole rings is 2. The van der Waals surface area contributed by atoms with Crippen molar-refractivity contribution >= 4 is 75.8 Å². The highest BCUT2D eigenvalue weighted by Crippen LogP contribution is 2.18. The number of nitrogens with two attached hydrogens (primary N) is 1. The minimum absolute atomic E-state index is 0.159. The lowest BCUT2D eigenvalue weighted by molar-refractivity contribution is -0.193. The monoisotopic (exact) mass is 1020 g/mol. The minimum Gasteiger partial charge on any atom is -0.487 e. The molecule has 2 aromatic carbocycles. The molecule has 0 aliphatic carbocycles. The maximum Gasteiger partial charge on any atom is 0.490 e. The first-order valence-electron chi connectivity index (χ1n) is 18.6. The first kappa shape index (κ1) is 60.4.